The minimum absolute atomic E-state index is 0.0740. The summed E-state index contributed by atoms with van der Waals surface area (Å²) >= 11 is 3.38. The van der Waals surface area contributed by atoms with Crippen LogP contribution in [0.25, 0.3) is 0 Å². The van der Waals surface area contributed by atoms with Gasteiger partial charge in [-0.05, 0) is 49.2 Å². The fraction of sp³-hybridized carbons (Fsp3) is 0.364. The van der Waals surface area contributed by atoms with Crippen molar-refractivity contribution in [1.82, 2.24) is 5.32 Å². The number of halogens is 1. The van der Waals surface area contributed by atoms with Gasteiger partial charge in [0.05, 0.1) is 18.3 Å². The van der Waals surface area contributed by atoms with Gasteiger partial charge in [-0.15, -0.1) is 0 Å². The van der Waals surface area contributed by atoms with Crippen LogP contribution in [-0.2, 0) is 9.47 Å². The first-order valence-corrected chi connectivity index (χ1v) is 10.6. The number of anilines is 1. The number of carbonyl (C=O) groups excluding carboxylic acids is 2. The minimum atomic E-state index is -0.333. The molecule has 1 heterocycles. The van der Waals surface area contributed by atoms with Crippen LogP contribution in [0.4, 0.5) is 5.69 Å². The van der Waals surface area contributed by atoms with E-state index >= 15 is 0 Å². The van der Waals surface area contributed by atoms with Gasteiger partial charge >= 0.3 is 0 Å². The number of methoxy groups -OCH3 is 1. The molecule has 2 amide bonds. The van der Waals surface area contributed by atoms with Crippen molar-refractivity contribution in [2.45, 2.75) is 18.9 Å². The quantitative estimate of drug-likeness (QED) is 0.539. The van der Waals surface area contributed by atoms with E-state index < -0.39 is 0 Å². The van der Waals surface area contributed by atoms with Gasteiger partial charge in [-0.3, -0.25) is 9.59 Å². The van der Waals surface area contributed by atoms with E-state index in [1.165, 1.54) is 0 Å². The molecule has 1 saturated heterocycles. The molecule has 0 radical (unpaired) electrons. The van der Waals surface area contributed by atoms with E-state index in [1.54, 1.807) is 49.6 Å². The molecule has 3 rings (SSSR count). The fourth-order valence-electron chi connectivity index (χ4n) is 3.09. The highest BCUT2D eigenvalue weighted by Crippen LogP contribution is 2.25. The van der Waals surface area contributed by atoms with Crippen LogP contribution in [0.1, 0.15) is 33.6 Å². The van der Waals surface area contributed by atoms with Crippen molar-refractivity contribution >= 4 is 33.4 Å². The second-order valence-electron chi connectivity index (χ2n) is 6.86. The molecule has 1 fully saturated rings. The largest absolute Gasteiger partial charge is 0.490 e. The Labute approximate surface area is 184 Å². The lowest BCUT2D eigenvalue weighted by atomic mass is 10.1. The van der Waals surface area contributed by atoms with E-state index in [1.807, 2.05) is 0 Å². The summed E-state index contributed by atoms with van der Waals surface area (Å²) in [6, 6.07) is 12.0. The number of carbonyl (C=O) groups is 2. The molecule has 0 bridgehead atoms. The Balaban J connectivity index is 1.66. The van der Waals surface area contributed by atoms with Crippen LogP contribution in [0.2, 0.25) is 0 Å². The predicted octanol–water partition coefficient (Wildman–Crippen LogP) is 3.64. The van der Waals surface area contributed by atoms with E-state index in [0.29, 0.717) is 42.3 Å². The molecular formula is C22H25BrN2O5. The first-order chi connectivity index (χ1) is 14.6. The summed E-state index contributed by atoms with van der Waals surface area (Å²) in [6.45, 7) is 1.98. The third-order valence-electron chi connectivity index (χ3n) is 4.63. The van der Waals surface area contributed by atoms with E-state index in [4.69, 9.17) is 14.2 Å². The average Bonchev–Trinajstić information content (AvgIpc) is 3.27. The Morgan fingerprint density at radius 2 is 2.03 bits per heavy atom. The molecule has 2 aromatic carbocycles. The molecule has 0 saturated carbocycles. The SMILES string of the molecule is COCCOc1ccc(Br)cc1C(=O)Nc1cccc(C(=O)NCC2CCCO2)c1. The molecule has 2 aromatic rings. The van der Waals surface area contributed by atoms with Crippen LogP contribution in [0, 0.1) is 0 Å². The van der Waals surface area contributed by atoms with Crippen LogP contribution in [0.3, 0.4) is 0 Å². The predicted molar refractivity (Wildman–Crippen MR) is 117 cm³/mol. The van der Waals surface area contributed by atoms with Crippen molar-refractivity contribution in [1.29, 1.82) is 0 Å². The summed E-state index contributed by atoms with van der Waals surface area (Å²) in [5.74, 6) is -0.0773. The summed E-state index contributed by atoms with van der Waals surface area (Å²) < 4.78 is 16.9. The van der Waals surface area contributed by atoms with Crippen molar-refractivity contribution in [3.63, 3.8) is 0 Å². The number of hydrogen-bond donors (Lipinski definition) is 2. The van der Waals surface area contributed by atoms with Gasteiger partial charge in [-0.1, -0.05) is 22.0 Å². The Hall–Kier alpha value is -2.42. The van der Waals surface area contributed by atoms with Gasteiger partial charge in [-0.2, -0.15) is 0 Å². The average molecular weight is 477 g/mol. The molecule has 0 aromatic heterocycles. The van der Waals surface area contributed by atoms with Gasteiger partial charge < -0.3 is 24.8 Å². The molecule has 1 atom stereocenters. The first-order valence-electron chi connectivity index (χ1n) is 9.79. The molecule has 1 aliphatic rings. The highest BCUT2D eigenvalue weighted by molar-refractivity contribution is 9.10. The number of amides is 2. The Kier molecular flexibility index (Phi) is 8.24. The molecule has 8 heteroatoms. The minimum Gasteiger partial charge on any atom is -0.490 e. The normalized spacial score (nSPS) is 15.6. The van der Waals surface area contributed by atoms with Gasteiger partial charge in [0.1, 0.15) is 12.4 Å². The molecule has 2 N–H and O–H groups in total. The monoisotopic (exact) mass is 476 g/mol. The molecule has 1 unspecified atom stereocenters. The maximum Gasteiger partial charge on any atom is 0.259 e. The summed E-state index contributed by atoms with van der Waals surface area (Å²) in [4.78, 5) is 25.3. The molecule has 0 spiro atoms. The molecule has 1 aliphatic heterocycles. The number of nitrogens with one attached hydrogen (secondary N) is 2. The van der Waals surface area contributed by atoms with Crippen LogP contribution in [0.5, 0.6) is 5.75 Å². The number of benzene rings is 2. The summed E-state index contributed by atoms with van der Waals surface area (Å²) in [5, 5.41) is 5.72. The summed E-state index contributed by atoms with van der Waals surface area (Å²) in [6.07, 6.45) is 2.05. The Morgan fingerprint density at radius 1 is 1.17 bits per heavy atom. The van der Waals surface area contributed by atoms with Crippen LogP contribution >= 0.6 is 15.9 Å². The van der Waals surface area contributed by atoms with Crippen LogP contribution in [0.15, 0.2) is 46.9 Å². The van der Waals surface area contributed by atoms with Crippen molar-refractivity contribution in [3.05, 3.63) is 58.1 Å². The lowest BCUT2D eigenvalue weighted by Gasteiger charge is -2.13. The molecule has 7 nitrogen and oxygen atoms in total. The van der Waals surface area contributed by atoms with Gasteiger partial charge in [0, 0.05) is 36.0 Å². The third kappa shape index (κ3) is 6.29. The van der Waals surface area contributed by atoms with Gasteiger partial charge in [0.25, 0.3) is 11.8 Å². The first kappa shape index (κ1) is 22.3. The molecule has 0 aliphatic carbocycles. The second-order valence-corrected chi connectivity index (χ2v) is 7.78. The highest BCUT2D eigenvalue weighted by atomic mass is 79.9. The topological polar surface area (TPSA) is 85.9 Å². The van der Waals surface area contributed by atoms with Crippen molar-refractivity contribution in [2.75, 3.05) is 38.8 Å². The van der Waals surface area contributed by atoms with E-state index in [2.05, 4.69) is 26.6 Å². The summed E-state index contributed by atoms with van der Waals surface area (Å²) in [7, 11) is 1.59. The fourth-order valence-corrected chi connectivity index (χ4v) is 3.45. The van der Waals surface area contributed by atoms with E-state index in [0.717, 1.165) is 23.9 Å². The molecular weight excluding hydrogens is 452 g/mol. The van der Waals surface area contributed by atoms with E-state index in [9.17, 15) is 9.59 Å². The second kappa shape index (κ2) is 11.1. The Bertz CT molecular complexity index is 884. The zero-order valence-electron chi connectivity index (χ0n) is 16.8. The highest BCUT2D eigenvalue weighted by Gasteiger charge is 2.18. The van der Waals surface area contributed by atoms with Crippen LogP contribution in [-0.4, -0.2) is 51.4 Å². The number of hydrogen-bond acceptors (Lipinski definition) is 5. The lowest BCUT2D eigenvalue weighted by Crippen LogP contribution is -2.31. The number of rotatable bonds is 9. The lowest BCUT2D eigenvalue weighted by molar-refractivity contribution is 0.0857. The molecule has 30 heavy (non-hydrogen) atoms. The van der Waals surface area contributed by atoms with Gasteiger partial charge in [0.2, 0.25) is 0 Å². The van der Waals surface area contributed by atoms with Gasteiger partial charge in [-0.25, -0.2) is 0 Å². The van der Waals surface area contributed by atoms with Crippen molar-refractivity contribution in [3.8, 4) is 5.75 Å². The maximum atomic E-state index is 12.8. The maximum absolute atomic E-state index is 12.8. The third-order valence-corrected chi connectivity index (χ3v) is 5.12. The standard InChI is InChI=1S/C22H25BrN2O5/c1-28-10-11-30-20-8-7-16(23)13-19(20)22(27)25-17-5-2-4-15(12-17)21(26)24-14-18-6-3-9-29-18/h2,4-5,7-8,12-13,18H,3,6,9-11,14H2,1H3,(H,24,26)(H,25,27). The van der Waals surface area contributed by atoms with Crippen molar-refractivity contribution in [2.24, 2.45) is 0 Å². The zero-order chi connectivity index (χ0) is 21.3. The molecule has 160 valence electrons. The van der Waals surface area contributed by atoms with Crippen molar-refractivity contribution < 1.29 is 23.8 Å². The van der Waals surface area contributed by atoms with Gasteiger partial charge in [0.15, 0.2) is 0 Å². The van der Waals surface area contributed by atoms with E-state index in [-0.39, 0.29) is 17.9 Å². The smallest absolute Gasteiger partial charge is 0.259 e. The van der Waals surface area contributed by atoms with Crippen LogP contribution < -0.4 is 15.4 Å². The zero-order valence-corrected chi connectivity index (χ0v) is 18.4. The summed E-state index contributed by atoms with van der Waals surface area (Å²) in [5.41, 5.74) is 1.37. The Morgan fingerprint density at radius 3 is 2.80 bits per heavy atom. The number of ether oxygens (including phenoxy) is 3.